The van der Waals surface area contributed by atoms with Crippen molar-refractivity contribution in [2.45, 2.75) is 26.9 Å². The molecule has 2 atom stereocenters. The standard InChI is InChI=1S/C8H18O2/c1-6(2)8(9)7(3)5-10-4/h6-9H,5H2,1-4H3. The Morgan fingerprint density at radius 3 is 2.10 bits per heavy atom. The SMILES string of the molecule is COCC(C)C(O)C(C)C. The Kier molecular flexibility index (Phi) is 4.65. The molecule has 2 heteroatoms. The molecule has 2 unspecified atom stereocenters. The van der Waals surface area contributed by atoms with E-state index in [-0.39, 0.29) is 12.0 Å². The molecule has 0 fully saturated rings. The predicted molar refractivity (Wildman–Crippen MR) is 41.9 cm³/mol. The molecule has 0 aliphatic carbocycles. The summed E-state index contributed by atoms with van der Waals surface area (Å²) in [5, 5.41) is 9.45. The molecular formula is C8H18O2. The first-order valence-electron chi connectivity index (χ1n) is 3.76. The second kappa shape index (κ2) is 4.69. The van der Waals surface area contributed by atoms with Crippen LogP contribution in [-0.4, -0.2) is 24.9 Å². The molecule has 62 valence electrons. The van der Waals surface area contributed by atoms with Crippen molar-refractivity contribution in [3.8, 4) is 0 Å². The highest BCUT2D eigenvalue weighted by molar-refractivity contribution is 4.66. The van der Waals surface area contributed by atoms with Gasteiger partial charge >= 0.3 is 0 Å². The first kappa shape index (κ1) is 9.92. The summed E-state index contributed by atoms with van der Waals surface area (Å²) >= 11 is 0. The molecule has 2 nitrogen and oxygen atoms in total. The first-order valence-corrected chi connectivity index (χ1v) is 3.76. The minimum absolute atomic E-state index is 0.236. The average molecular weight is 146 g/mol. The van der Waals surface area contributed by atoms with Gasteiger partial charge in [-0.05, 0) is 5.92 Å². The van der Waals surface area contributed by atoms with Gasteiger partial charge < -0.3 is 9.84 Å². The van der Waals surface area contributed by atoms with E-state index >= 15 is 0 Å². The smallest absolute Gasteiger partial charge is 0.0610 e. The van der Waals surface area contributed by atoms with E-state index in [1.54, 1.807) is 7.11 Å². The van der Waals surface area contributed by atoms with Crippen LogP contribution in [-0.2, 0) is 4.74 Å². The predicted octanol–water partition coefficient (Wildman–Crippen LogP) is 1.29. The lowest BCUT2D eigenvalue weighted by Gasteiger charge is -2.20. The van der Waals surface area contributed by atoms with Crippen molar-refractivity contribution in [1.82, 2.24) is 0 Å². The van der Waals surface area contributed by atoms with Crippen LogP contribution in [0.5, 0.6) is 0 Å². The van der Waals surface area contributed by atoms with Crippen molar-refractivity contribution in [2.75, 3.05) is 13.7 Å². The molecule has 0 spiro atoms. The molecule has 0 bridgehead atoms. The lowest BCUT2D eigenvalue weighted by Crippen LogP contribution is -2.26. The molecular weight excluding hydrogens is 128 g/mol. The van der Waals surface area contributed by atoms with Gasteiger partial charge in [0.1, 0.15) is 0 Å². The maximum absolute atomic E-state index is 9.45. The van der Waals surface area contributed by atoms with Gasteiger partial charge in [0.25, 0.3) is 0 Å². The van der Waals surface area contributed by atoms with E-state index in [9.17, 15) is 5.11 Å². The van der Waals surface area contributed by atoms with Crippen molar-refractivity contribution < 1.29 is 9.84 Å². The molecule has 0 aliphatic heterocycles. The van der Waals surface area contributed by atoms with Crippen molar-refractivity contribution >= 4 is 0 Å². The molecule has 1 N–H and O–H groups in total. The van der Waals surface area contributed by atoms with Crippen LogP contribution in [0.2, 0.25) is 0 Å². The molecule has 0 radical (unpaired) electrons. The highest BCUT2D eigenvalue weighted by atomic mass is 16.5. The third-order valence-electron chi connectivity index (χ3n) is 1.70. The Morgan fingerprint density at radius 1 is 1.30 bits per heavy atom. The number of aliphatic hydroxyl groups is 1. The van der Waals surface area contributed by atoms with Gasteiger partial charge in [0, 0.05) is 13.0 Å². The molecule has 0 aromatic carbocycles. The molecule has 10 heavy (non-hydrogen) atoms. The van der Waals surface area contributed by atoms with Gasteiger partial charge in [0.05, 0.1) is 12.7 Å². The summed E-state index contributed by atoms with van der Waals surface area (Å²) in [7, 11) is 1.66. The fraction of sp³-hybridized carbons (Fsp3) is 1.00. The third kappa shape index (κ3) is 3.18. The quantitative estimate of drug-likeness (QED) is 0.647. The highest BCUT2D eigenvalue weighted by Crippen LogP contribution is 2.11. The highest BCUT2D eigenvalue weighted by Gasteiger charge is 2.16. The van der Waals surface area contributed by atoms with Crippen molar-refractivity contribution in [3.63, 3.8) is 0 Å². The molecule has 0 amide bonds. The molecule has 0 saturated heterocycles. The zero-order valence-corrected chi connectivity index (χ0v) is 7.29. The van der Waals surface area contributed by atoms with E-state index in [4.69, 9.17) is 4.74 Å². The van der Waals surface area contributed by atoms with Crippen LogP contribution in [0.25, 0.3) is 0 Å². The lowest BCUT2D eigenvalue weighted by atomic mass is 9.96. The van der Waals surface area contributed by atoms with Crippen molar-refractivity contribution in [3.05, 3.63) is 0 Å². The van der Waals surface area contributed by atoms with Gasteiger partial charge in [-0.2, -0.15) is 0 Å². The van der Waals surface area contributed by atoms with E-state index in [2.05, 4.69) is 0 Å². The van der Waals surface area contributed by atoms with Crippen molar-refractivity contribution in [1.29, 1.82) is 0 Å². The number of hydrogen-bond acceptors (Lipinski definition) is 2. The molecule has 0 rings (SSSR count). The number of hydrogen-bond donors (Lipinski definition) is 1. The lowest BCUT2D eigenvalue weighted by molar-refractivity contribution is 0.0287. The molecule has 0 saturated carbocycles. The fourth-order valence-electron chi connectivity index (χ4n) is 1.02. The number of rotatable bonds is 4. The molecule has 0 aliphatic rings. The largest absolute Gasteiger partial charge is 0.392 e. The van der Waals surface area contributed by atoms with Crippen LogP contribution in [0.15, 0.2) is 0 Å². The molecule has 0 aromatic heterocycles. The van der Waals surface area contributed by atoms with Crippen LogP contribution in [0, 0.1) is 11.8 Å². The normalized spacial score (nSPS) is 17.4. The number of methoxy groups -OCH3 is 1. The summed E-state index contributed by atoms with van der Waals surface area (Å²) in [6.45, 7) is 6.65. The van der Waals surface area contributed by atoms with E-state index in [0.717, 1.165) is 0 Å². The Labute approximate surface area is 63.2 Å². The minimum atomic E-state index is -0.236. The summed E-state index contributed by atoms with van der Waals surface area (Å²) in [4.78, 5) is 0. The van der Waals surface area contributed by atoms with E-state index in [0.29, 0.717) is 12.5 Å². The zero-order chi connectivity index (χ0) is 8.15. The topological polar surface area (TPSA) is 29.5 Å². The van der Waals surface area contributed by atoms with E-state index < -0.39 is 0 Å². The zero-order valence-electron chi connectivity index (χ0n) is 7.29. The molecule has 0 heterocycles. The van der Waals surface area contributed by atoms with Crippen LogP contribution in [0.4, 0.5) is 0 Å². The van der Waals surface area contributed by atoms with Gasteiger partial charge in [-0.3, -0.25) is 0 Å². The minimum Gasteiger partial charge on any atom is -0.392 e. The summed E-state index contributed by atoms with van der Waals surface area (Å²) in [5.41, 5.74) is 0. The maximum atomic E-state index is 9.45. The number of ether oxygens (including phenoxy) is 1. The third-order valence-corrected chi connectivity index (χ3v) is 1.70. The van der Waals surface area contributed by atoms with E-state index in [1.807, 2.05) is 20.8 Å². The van der Waals surface area contributed by atoms with Crippen LogP contribution < -0.4 is 0 Å². The fourth-order valence-corrected chi connectivity index (χ4v) is 1.02. The summed E-state index contributed by atoms with van der Waals surface area (Å²) < 4.78 is 4.91. The summed E-state index contributed by atoms with van der Waals surface area (Å²) in [5.74, 6) is 0.565. The Morgan fingerprint density at radius 2 is 1.80 bits per heavy atom. The molecule has 0 aromatic rings. The number of aliphatic hydroxyl groups excluding tert-OH is 1. The summed E-state index contributed by atoms with van der Waals surface area (Å²) in [6.07, 6.45) is -0.236. The second-order valence-electron chi connectivity index (χ2n) is 3.17. The second-order valence-corrected chi connectivity index (χ2v) is 3.17. The van der Waals surface area contributed by atoms with Crippen molar-refractivity contribution in [2.24, 2.45) is 11.8 Å². The van der Waals surface area contributed by atoms with Gasteiger partial charge in [0.15, 0.2) is 0 Å². The van der Waals surface area contributed by atoms with Gasteiger partial charge in [-0.25, -0.2) is 0 Å². The van der Waals surface area contributed by atoms with Gasteiger partial charge in [0.2, 0.25) is 0 Å². The summed E-state index contributed by atoms with van der Waals surface area (Å²) in [6, 6.07) is 0. The van der Waals surface area contributed by atoms with Crippen LogP contribution in [0.3, 0.4) is 0 Å². The van der Waals surface area contributed by atoms with E-state index in [1.165, 1.54) is 0 Å². The van der Waals surface area contributed by atoms with Crippen LogP contribution in [0.1, 0.15) is 20.8 Å². The maximum Gasteiger partial charge on any atom is 0.0610 e. The monoisotopic (exact) mass is 146 g/mol. The average Bonchev–Trinajstić information content (AvgIpc) is 1.87. The Balaban J connectivity index is 3.58. The van der Waals surface area contributed by atoms with Crippen LogP contribution >= 0.6 is 0 Å². The van der Waals surface area contributed by atoms with Gasteiger partial charge in [-0.1, -0.05) is 20.8 Å². The first-order chi connectivity index (χ1) is 4.59. The van der Waals surface area contributed by atoms with Gasteiger partial charge in [-0.15, -0.1) is 0 Å². The Hall–Kier alpha value is -0.0800. The Bertz CT molecular complexity index is 81.3.